The average Bonchev–Trinajstić information content (AvgIpc) is 2.69. The van der Waals surface area contributed by atoms with Gasteiger partial charge in [0.2, 0.25) is 10.5 Å². The molecule has 1 N–H and O–H groups in total. The second-order valence-corrected chi connectivity index (χ2v) is 5.57. The number of fused-ring (bicyclic) bond motifs is 3. The second kappa shape index (κ2) is 5.59. The minimum Gasteiger partial charge on any atom is -0.336 e. The van der Waals surface area contributed by atoms with Crippen molar-refractivity contribution in [2.45, 2.75) is 11.3 Å². The van der Waals surface area contributed by atoms with Crippen molar-refractivity contribution in [2.75, 3.05) is 5.75 Å². The molecule has 1 unspecified atom stereocenters. The zero-order valence-corrected chi connectivity index (χ0v) is 11.1. The van der Waals surface area contributed by atoms with Gasteiger partial charge in [-0.1, -0.05) is 12.1 Å². The fourth-order valence-corrected chi connectivity index (χ4v) is 2.86. The van der Waals surface area contributed by atoms with Gasteiger partial charge in [0, 0.05) is 17.5 Å². The third-order valence-electron chi connectivity index (χ3n) is 2.52. The lowest BCUT2D eigenvalue weighted by Crippen LogP contribution is -2.68. The van der Waals surface area contributed by atoms with Gasteiger partial charge in [-0.3, -0.25) is 0 Å². The van der Waals surface area contributed by atoms with Crippen LogP contribution in [-0.2, 0) is 0 Å². The second-order valence-electron chi connectivity index (χ2n) is 3.77. The molecular formula is C11H10ClNO5S. The van der Waals surface area contributed by atoms with Gasteiger partial charge in [-0.05, 0) is 23.9 Å². The van der Waals surface area contributed by atoms with Crippen molar-refractivity contribution in [3.8, 4) is 0 Å². The van der Waals surface area contributed by atoms with Crippen molar-refractivity contribution in [3.05, 3.63) is 36.4 Å². The highest BCUT2D eigenvalue weighted by atomic mass is 35.7. The summed E-state index contributed by atoms with van der Waals surface area (Å²) in [6.45, 7) is 0. The highest BCUT2D eigenvalue weighted by Crippen LogP contribution is 2.27. The van der Waals surface area contributed by atoms with Crippen molar-refractivity contribution in [3.63, 3.8) is 0 Å². The number of benzene rings is 1. The van der Waals surface area contributed by atoms with E-state index in [-0.39, 0.29) is 6.23 Å². The van der Waals surface area contributed by atoms with Crippen molar-refractivity contribution in [1.82, 2.24) is 0 Å². The molecule has 0 saturated carbocycles. The molecule has 0 fully saturated rings. The topological polar surface area (TPSA) is 116 Å². The molecule has 0 radical (unpaired) electrons. The summed E-state index contributed by atoms with van der Waals surface area (Å²) in [4.78, 5) is 0. The first-order valence-corrected chi connectivity index (χ1v) is 7.44. The Labute approximate surface area is 115 Å². The number of para-hydroxylation sites is 1. The monoisotopic (exact) mass is 303 g/mol. The Bertz CT molecular complexity index is 583. The Morgan fingerprint density at radius 3 is 2.42 bits per heavy atom. The molecule has 2 aromatic rings. The maximum atomic E-state index is 9.82. The normalized spacial score (nSPS) is 17.8. The van der Waals surface area contributed by atoms with Crippen LogP contribution in [-0.4, -0.2) is 10.9 Å². The van der Waals surface area contributed by atoms with Crippen LogP contribution in [0.1, 0.15) is 6.23 Å². The van der Waals surface area contributed by atoms with Crippen LogP contribution in [0.4, 0.5) is 0 Å². The predicted molar refractivity (Wildman–Crippen MR) is 56.1 cm³/mol. The number of hydrogen-bond donors (Lipinski definition) is 1. The molecule has 3 rings (SSSR count). The molecule has 102 valence electrons. The van der Waals surface area contributed by atoms with E-state index in [9.17, 15) is 5.11 Å². The average molecular weight is 304 g/mol. The summed E-state index contributed by atoms with van der Waals surface area (Å²) in [7, 11) is -4.94. The SMILES string of the molecule is OC1CSc2ccc3ccccc3[n+]21.[O-][Cl+3]([O-])([O-])[O-]. The molecule has 0 saturated heterocycles. The highest BCUT2D eigenvalue weighted by molar-refractivity contribution is 7.99. The molecule has 8 heteroatoms. The zero-order valence-electron chi connectivity index (χ0n) is 9.56. The molecule has 1 aromatic carbocycles. The first kappa shape index (κ1) is 14.5. The molecule has 6 nitrogen and oxygen atoms in total. The summed E-state index contributed by atoms with van der Waals surface area (Å²) >= 11 is 1.70. The van der Waals surface area contributed by atoms with Gasteiger partial charge in [0.25, 0.3) is 6.23 Å². The summed E-state index contributed by atoms with van der Waals surface area (Å²) in [5.41, 5.74) is 1.11. The van der Waals surface area contributed by atoms with Crippen LogP contribution in [0.25, 0.3) is 10.9 Å². The van der Waals surface area contributed by atoms with Gasteiger partial charge in [-0.2, -0.15) is 4.57 Å². The lowest BCUT2D eigenvalue weighted by molar-refractivity contribution is -2.00. The quantitative estimate of drug-likeness (QED) is 0.517. The molecule has 1 atom stereocenters. The number of pyridine rings is 1. The molecule has 2 heterocycles. The summed E-state index contributed by atoms with van der Waals surface area (Å²) in [5.74, 6) is 0.758. The van der Waals surface area contributed by atoms with E-state index in [2.05, 4.69) is 18.2 Å². The fraction of sp³-hybridized carbons (Fsp3) is 0.182. The summed E-state index contributed by atoms with van der Waals surface area (Å²) in [5, 5.41) is 12.1. The Balaban J connectivity index is 0.000000232. The first-order valence-electron chi connectivity index (χ1n) is 5.22. The third kappa shape index (κ3) is 3.77. The van der Waals surface area contributed by atoms with E-state index < -0.39 is 10.2 Å². The third-order valence-corrected chi connectivity index (χ3v) is 3.61. The fourth-order valence-electron chi connectivity index (χ4n) is 1.87. The van der Waals surface area contributed by atoms with Crippen LogP contribution in [0.3, 0.4) is 0 Å². The maximum absolute atomic E-state index is 9.82. The highest BCUT2D eigenvalue weighted by Gasteiger charge is 2.31. The maximum Gasteiger partial charge on any atom is 0.271 e. The number of rotatable bonds is 0. The number of nitrogens with zero attached hydrogens (tertiary/aromatic N) is 1. The van der Waals surface area contributed by atoms with Gasteiger partial charge >= 0.3 is 0 Å². The molecule has 0 bridgehead atoms. The summed E-state index contributed by atoms with van der Waals surface area (Å²) in [6.07, 6.45) is -0.374. The summed E-state index contributed by atoms with van der Waals surface area (Å²) < 4.78 is 36.0. The number of aromatic nitrogens is 1. The Morgan fingerprint density at radius 2 is 1.74 bits per heavy atom. The van der Waals surface area contributed by atoms with Crippen LogP contribution in [0, 0.1) is 10.2 Å². The zero-order chi connectivity index (χ0) is 14.0. The van der Waals surface area contributed by atoms with Gasteiger partial charge < -0.3 is 5.11 Å². The van der Waals surface area contributed by atoms with E-state index in [0.29, 0.717) is 0 Å². The molecule has 0 spiro atoms. The molecule has 0 aliphatic carbocycles. The largest absolute Gasteiger partial charge is 0.336 e. The Kier molecular flexibility index (Phi) is 4.26. The molecule has 1 aliphatic heterocycles. The molecule has 1 aromatic heterocycles. The van der Waals surface area contributed by atoms with Crippen LogP contribution >= 0.6 is 11.8 Å². The molecule has 19 heavy (non-hydrogen) atoms. The van der Waals surface area contributed by atoms with E-state index in [1.54, 1.807) is 11.8 Å². The lowest BCUT2D eigenvalue weighted by atomic mass is 10.2. The van der Waals surface area contributed by atoms with Gasteiger partial charge in [0.1, 0.15) is 0 Å². The van der Waals surface area contributed by atoms with E-state index in [1.165, 1.54) is 5.39 Å². The van der Waals surface area contributed by atoms with Gasteiger partial charge in [0.15, 0.2) is 0 Å². The van der Waals surface area contributed by atoms with E-state index in [0.717, 1.165) is 16.3 Å². The van der Waals surface area contributed by atoms with Gasteiger partial charge in [-0.25, -0.2) is 18.6 Å². The number of halogens is 1. The van der Waals surface area contributed by atoms with Crippen molar-refractivity contribution in [1.29, 1.82) is 0 Å². The van der Waals surface area contributed by atoms with E-state index >= 15 is 0 Å². The molecule has 1 aliphatic rings. The van der Waals surface area contributed by atoms with Crippen LogP contribution in [0.15, 0.2) is 41.4 Å². The molecule has 0 amide bonds. The van der Waals surface area contributed by atoms with E-state index in [4.69, 9.17) is 18.6 Å². The van der Waals surface area contributed by atoms with Crippen molar-refractivity contribution < 1.29 is 38.6 Å². The van der Waals surface area contributed by atoms with Gasteiger partial charge in [-0.15, -0.1) is 10.2 Å². The number of thioether (sulfide) groups is 1. The summed E-state index contributed by atoms with van der Waals surface area (Å²) in [6, 6.07) is 12.3. The number of hydrogen-bond acceptors (Lipinski definition) is 6. The van der Waals surface area contributed by atoms with E-state index in [1.807, 2.05) is 22.8 Å². The van der Waals surface area contributed by atoms with Crippen molar-refractivity contribution >= 4 is 22.7 Å². The first-order chi connectivity index (χ1) is 8.86. The number of aliphatic hydroxyl groups is 1. The number of aliphatic hydroxyl groups excluding tert-OH is 1. The van der Waals surface area contributed by atoms with Crippen LogP contribution in [0.5, 0.6) is 0 Å². The predicted octanol–water partition coefficient (Wildman–Crippen LogP) is -3.03. The lowest BCUT2D eigenvalue weighted by Gasteiger charge is -2.17. The van der Waals surface area contributed by atoms with Crippen LogP contribution in [0.2, 0.25) is 0 Å². The van der Waals surface area contributed by atoms with Crippen LogP contribution < -0.4 is 23.2 Å². The Hall–Kier alpha value is -0.930. The minimum atomic E-state index is -4.94. The molecular weight excluding hydrogens is 294 g/mol. The standard InChI is InChI=1S/C11H10NOS.ClHO4/c13-10-7-14-11-6-5-8-3-1-2-4-9(8)12(10)11;2-1(3,4)5/h1-6,10,13H,7H2;(H,2,3,4,5)/q+1;/p-1. The Morgan fingerprint density at radius 1 is 1.11 bits per heavy atom. The van der Waals surface area contributed by atoms with Gasteiger partial charge in [0.05, 0.1) is 5.75 Å². The smallest absolute Gasteiger partial charge is 0.271 e. The minimum absolute atomic E-state index is 0.374. The van der Waals surface area contributed by atoms with Crippen molar-refractivity contribution in [2.24, 2.45) is 0 Å².